The molecular weight excluding hydrogens is 314 g/mol. The third-order valence-corrected chi connectivity index (χ3v) is 5.05. The second-order valence-corrected chi connectivity index (χ2v) is 6.81. The van der Waals surface area contributed by atoms with Crippen molar-refractivity contribution < 1.29 is 9.90 Å². The summed E-state index contributed by atoms with van der Waals surface area (Å²) in [5.41, 5.74) is 2.22. The van der Waals surface area contributed by atoms with Gasteiger partial charge < -0.3 is 14.6 Å². The van der Waals surface area contributed by atoms with Crippen molar-refractivity contribution in [3.63, 3.8) is 0 Å². The number of carbonyl (C=O) groups excluding carboxylic acids is 1. The summed E-state index contributed by atoms with van der Waals surface area (Å²) in [7, 11) is 0. The van der Waals surface area contributed by atoms with E-state index in [1.165, 1.54) is 5.56 Å². The van der Waals surface area contributed by atoms with Gasteiger partial charge in [0.2, 0.25) is 5.91 Å². The van der Waals surface area contributed by atoms with Gasteiger partial charge in [-0.05, 0) is 29.9 Å². The highest BCUT2D eigenvalue weighted by molar-refractivity contribution is 5.76. The van der Waals surface area contributed by atoms with Crippen LogP contribution in [-0.4, -0.2) is 38.6 Å². The van der Waals surface area contributed by atoms with Crippen LogP contribution in [-0.2, 0) is 30.8 Å². The van der Waals surface area contributed by atoms with E-state index in [0.29, 0.717) is 18.9 Å². The van der Waals surface area contributed by atoms with E-state index in [-0.39, 0.29) is 12.5 Å². The molecule has 134 valence electrons. The van der Waals surface area contributed by atoms with Crippen molar-refractivity contribution in [3.05, 3.63) is 53.6 Å². The number of aryl methyl sites for hydroxylation is 2. The van der Waals surface area contributed by atoms with Gasteiger partial charge in [0.05, 0.1) is 6.61 Å². The third kappa shape index (κ3) is 4.48. The Labute approximate surface area is 149 Å². The molecule has 0 unspecified atom stereocenters. The van der Waals surface area contributed by atoms with Crippen LogP contribution in [0.2, 0.25) is 0 Å². The first-order valence-electron chi connectivity index (χ1n) is 9.16. The molecule has 0 aliphatic carbocycles. The summed E-state index contributed by atoms with van der Waals surface area (Å²) in [6.45, 7) is 4.60. The first-order chi connectivity index (χ1) is 12.2. The fourth-order valence-corrected chi connectivity index (χ4v) is 3.57. The van der Waals surface area contributed by atoms with Crippen LogP contribution < -0.4 is 0 Å². The average molecular weight is 341 g/mol. The Bertz CT molecular complexity index is 693. The van der Waals surface area contributed by atoms with Crippen molar-refractivity contribution in [3.8, 4) is 0 Å². The molecule has 0 radical (unpaired) electrons. The predicted octanol–water partition coefficient (Wildman–Crippen LogP) is 2.42. The van der Waals surface area contributed by atoms with Crippen molar-refractivity contribution in [2.45, 2.75) is 45.8 Å². The van der Waals surface area contributed by atoms with Gasteiger partial charge in [0, 0.05) is 44.9 Å². The molecule has 25 heavy (non-hydrogen) atoms. The molecular formula is C20H27N3O2. The van der Waals surface area contributed by atoms with E-state index in [4.69, 9.17) is 5.11 Å². The highest BCUT2D eigenvalue weighted by Crippen LogP contribution is 2.22. The lowest BCUT2D eigenvalue weighted by molar-refractivity contribution is -0.130. The Balaban J connectivity index is 1.47. The van der Waals surface area contributed by atoms with Gasteiger partial charge in [-0.15, -0.1) is 0 Å². The molecule has 1 fully saturated rings. The Morgan fingerprint density at radius 1 is 1.28 bits per heavy atom. The van der Waals surface area contributed by atoms with Crippen LogP contribution in [0, 0.1) is 5.92 Å². The van der Waals surface area contributed by atoms with Crippen molar-refractivity contribution in [2.24, 2.45) is 5.92 Å². The summed E-state index contributed by atoms with van der Waals surface area (Å²) in [6.07, 6.45) is 7.26. The molecule has 3 rings (SSSR count). The zero-order valence-corrected chi connectivity index (χ0v) is 14.9. The molecule has 1 aliphatic heterocycles. The number of aliphatic hydroxyl groups is 1. The van der Waals surface area contributed by atoms with Crippen LogP contribution in [0.25, 0.3) is 0 Å². The minimum Gasteiger partial charge on any atom is -0.392 e. The van der Waals surface area contributed by atoms with Crippen LogP contribution in [0.1, 0.15) is 36.7 Å². The zero-order chi connectivity index (χ0) is 17.6. The van der Waals surface area contributed by atoms with E-state index < -0.39 is 0 Å². The number of aromatic nitrogens is 2. The molecule has 1 aromatic heterocycles. The fourth-order valence-electron chi connectivity index (χ4n) is 3.57. The summed E-state index contributed by atoms with van der Waals surface area (Å²) in [5, 5.41) is 9.11. The lowest BCUT2D eigenvalue weighted by Gasteiger charge is -2.17. The number of benzene rings is 1. The summed E-state index contributed by atoms with van der Waals surface area (Å²) in [5.74, 6) is 1.82. The topological polar surface area (TPSA) is 58.4 Å². The number of likely N-dealkylation sites (tertiary alicyclic amines) is 1. The van der Waals surface area contributed by atoms with Crippen LogP contribution in [0.4, 0.5) is 0 Å². The predicted molar refractivity (Wildman–Crippen MR) is 97.0 cm³/mol. The quantitative estimate of drug-likeness (QED) is 0.841. The normalized spacial score (nSPS) is 17.2. The highest BCUT2D eigenvalue weighted by atomic mass is 16.3. The van der Waals surface area contributed by atoms with E-state index in [9.17, 15) is 4.79 Å². The standard InChI is InChI=1S/C20H27N3O2/c1-2-19-21-9-12-22(19)11-8-20(25)23-10-7-18(14-23)13-16-3-5-17(15-24)6-4-16/h3-6,9,12,18,24H,2,7-8,10-11,13-15H2,1H3/t18-/m0/s1. The maximum absolute atomic E-state index is 12.5. The summed E-state index contributed by atoms with van der Waals surface area (Å²) in [6, 6.07) is 8.12. The number of hydrogen-bond acceptors (Lipinski definition) is 3. The van der Waals surface area contributed by atoms with Gasteiger partial charge in [0.15, 0.2) is 0 Å². The lowest BCUT2D eigenvalue weighted by Crippen LogP contribution is -2.29. The number of hydrogen-bond donors (Lipinski definition) is 1. The summed E-state index contributed by atoms with van der Waals surface area (Å²) in [4.78, 5) is 18.8. The molecule has 1 saturated heterocycles. The van der Waals surface area contributed by atoms with Crippen molar-refractivity contribution in [1.29, 1.82) is 0 Å². The van der Waals surface area contributed by atoms with Gasteiger partial charge in [-0.1, -0.05) is 31.2 Å². The molecule has 0 saturated carbocycles. The van der Waals surface area contributed by atoms with E-state index in [2.05, 4.69) is 28.6 Å². The lowest BCUT2D eigenvalue weighted by atomic mass is 9.98. The van der Waals surface area contributed by atoms with Crippen LogP contribution in [0.5, 0.6) is 0 Å². The largest absolute Gasteiger partial charge is 0.392 e. The van der Waals surface area contributed by atoms with Gasteiger partial charge in [-0.2, -0.15) is 0 Å². The first-order valence-corrected chi connectivity index (χ1v) is 9.16. The van der Waals surface area contributed by atoms with Crippen molar-refractivity contribution in [2.75, 3.05) is 13.1 Å². The molecule has 1 aromatic carbocycles. The number of rotatable bonds is 7. The fraction of sp³-hybridized carbons (Fsp3) is 0.500. The van der Waals surface area contributed by atoms with Crippen LogP contribution in [0.15, 0.2) is 36.7 Å². The Hall–Kier alpha value is -2.14. The van der Waals surface area contributed by atoms with Gasteiger partial charge in [0.25, 0.3) is 0 Å². The van der Waals surface area contributed by atoms with Gasteiger partial charge >= 0.3 is 0 Å². The smallest absolute Gasteiger partial charge is 0.224 e. The molecule has 5 nitrogen and oxygen atoms in total. The minimum absolute atomic E-state index is 0.0860. The van der Waals surface area contributed by atoms with Gasteiger partial charge in [-0.3, -0.25) is 4.79 Å². The number of nitrogens with zero attached hydrogens (tertiary/aromatic N) is 3. The SMILES string of the molecule is CCc1nccn1CCC(=O)N1CC[C@@H](Cc2ccc(CO)cc2)C1. The van der Waals surface area contributed by atoms with E-state index in [1.807, 2.05) is 23.2 Å². The van der Waals surface area contributed by atoms with Crippen molar-refractivity contribution in [1.82, 2.24) is 14.5 Å². The summed E-state index contributed by atoms with van der Waals surface area (Å²) >= 11 is 0. The molecule has 2 heterocycles. The highest BCUT2D eigenvalue weighted by Gasteiger charge is 2.26. The second-order valence-electron chi connectivity index (χ2n) is 6.81. The van der Waals surface area contributed by atoms with Gasteiger partial charge in [-0.25, -0.2) is 4.98 Å². The average Bonchev–Trinajstić information content (AvgIpc) is 3.29. The zero-order valence-electron chi connectivity index (χ0n) is 14.9. The number of amides is 1. The third-order valence-electron chi connectivity index (χ3n) is 5.05. The molecule has 0 bridgehead atoms. The number of imidazole rings is 1. The Morgan fingerprint density at radius 3 is 2.76 bits per heavy atom. The van der Waals surface area contributed by atoms with E-state index in [1.54, 1.807) is 6.20 Å². The monoisotopic (exact) mass is 341 g/mol. The molecule has 5 heteroatoms. The number of carbonyl (C=O) groups is 1. The van der Waals surface area contributed by atoms with E-state index in [0.717, 1.165) is 43.7 Å². The molecule has 1 atom stereocenters. The maximum atomic E-state index is 12.5. The van der Waals surface area contributed by atoms with Crippen LogP contribution in [0.3, 0.4) is 0 Å². The minimum atomic E-state index is 0.0860. The van der Waals surface area contributed by atoms with Gasteiger partial charge in [0.1, 0.15) is 5.82 Å². The van der Waals surface area contributed by atoms with Crippen molar-refractivity contribution >= 4 is 5.91 Å². The Kier molecular flexibility index (Phi) is 5.87. The van der Waals surface area contributed by atoms with E-state index >= 15 is 0 Å². The maximum Gasteiger partial charge on any atom is 0.224 e. The molecule has 1 N–H and O–H groups in total. The van der Waals surface area contributed by atoms with Crippen LogP contribution >= 0.6 is 0 Å². The number of aliphatic hydroxyl groups excluding tert-OH is 1. The second kappa shape index (κ2) is 8.30. The molecule has 0 spiro atoms. The molecule has 1 amide bonds. The molecule has 1 aliphatic rings. The summed E-state index contributed by atoms with van der Waals surface area (Å²) < 4.78 is 2.08. The Morgan fingerprint density at radius 2 is 2.04 bits per heavy atom. The molecule has 2 aromatic rings. The first kappa shape index (κ1) is 17.7.